The van der Waals surface area contributed by atoms with Crippen LogP contribution in [0.2, 0.25) is 0 Å². The smallest absolute Gasteiger partial charge is 0.238 e. The molecule has 1 unspecified atom stereocenters. The van der Waals surface area contributed by atoms with Gasteiger partial charge in [0.15, 0.2) is 0 Å². The number of carbonyl (C=O) groups excluding carboxylic acids is 2. The first-order valence-electron chi connectivity index (χ1n) is 8.62. The van der Waals surface area contributed by atoms with Crippen LogP contribution >= 0.6 is 12.4 Å². The standard InChI is InChI=1S/C18H24N6O2.ClH/c1-13(25)21-14-4-3-5-15(10-14)22-17(26)12-24-9-6-19-11-16(24)18-20-7-8-23(18)2;/h3-5,7-8,10,16,19H,6,9,11-12H2,1-2H3,(H,21,25)(H,22,26);1H. The zero-order valence-electron chi connectivity index (χ0n) is 15.4. The van der Waals surface area contributed by atoms with E-state index in [-0.39, 0.29) is 36.8 Å². The van der Waals surface area contributed by atoms with Gasteiger partial charge in [0.2, 0.25) is 11.8 Å². The summed E-state index contributed by atoms with van der Waals surface area (Å²) in [7, 11) is 1.96. The van der Waals surface area contributed by atoms with Gasteiger partial charge >= 0.3 is 0 Å². The number of nitrogens with zero attached hydrogens (tertiary/aromatic N) is 3. The molecule has 2 amide bonds. The molecule has 0 radical (unpaired) electrons. The van der Waals surface area contributed by atoms with Crippen LogP contribution in [-0.4, -0.2) is 52.4 Å². The lowest BCUT2D eigenvalue weighted by molar-refractivity contribution is -0.118. The number of aryl methyl sites for hydroxylation is 1. The molecular weight excluding hydrogens is 368 g/mol. The van der Waals surface area contributed by atoms with Gasteiger partial charge in [0.25, 0.3) is 0 Å². The minimum Gasteiger partial charge on any atom is -0.337 e. The summed E-state index contributed by atoms with van der Waals surface area (Å²) in [4.78, 5) is 30.3. The van der Waals surface area contributed by atoms with E-state index in [1.807, 2.05) is 17.8 Å². The van der Waals surface area contributed by atoms with Gasteiger partial charge in [-0.1, -0.05) is 6.07 Å². The lowest BCUT2D eigenvalue weighted by Crippen LogP contribution is -2.49. The van der Waals surface area contributed by atoms with Crippen molar-refractivity contribution in [3.63, 3.8) is 0 Å². The molecule has 9 heteroatoms. The first-order valence-corrected chi connectivity index (χ1v) is 8.62. The van der Waals surface area contributed by atoms with Crippen molar-refractivity contribution in [3.05, 3.63) is 42.5 Å². The van der Waals surface area contributed by atoms with Gasteiger partial charge in [-0.2, -0.15) is 0 Å². The first-order chi connectivity index (χ1) is 12.5. The summed E-state index contributed by atoms with van der Waals surface area (Å²) in [6.45, 7) is 4.11. The third-order valence-electron chi connectivity index (χ3n) is 4.32. The Balaban J connectivity index is 0.00000261. The van der Waals surface area contributed by atoms with E-state index in [1.165, 1.54) is 6.92 Å². The number of imidazole rings is 1. The quantitative estimate of drug-likeness (QED) is 0.715. The predicted octanol–water partition coefficient (Wildman–Crippen LogP) is 1.39. The van der Waals surface area contributed by atoms with E-state index in [2.05, 4.69) is 25.8 Å². The molecule has 3 rings (SSSR count). The van der Waals surface area contributed by atoms with Gasteiger partial charge in [-0.3, -0.25) is 14.5 Å². The van der Waals surface area contributed by atoms with E-state index < -0.39 is 0 Å². The number of amides is 2. The molecule has 1 aromatic carbocycles. The number of anilines is 2. The molecule has 2 aromatic rings. The molecule has 146 valence electrons. The van der Waals surface area contributed by atoms with Crippen molar-refractivity contribution in [2.45, 2.75) is 13.0 Å². The molecule has 1 aromatic heterocycles. The van der Waals surface area contributed by atoms with E-state index in [9.17, 15) is 9.59 Å². The number of hydrogen-bond acceptors (Lipinski definition) is 5. The van der Waals surface area contributed by atoms with Crippen LogP contribution in [0.5, 0.6) is 0 Å². The molecule has 1 aliphatic rings. The lowest BCUT2D eigenvalue weighted by Gasteiger charge is -2.35. The highest BCUT2D eigenvalue weighted by molar-refractivity contribution is 5.94. The summed E-state index contributed by atoms with van der Waals surface area (Å²) >= 11 is 0. The minimum atomic E-state index is -0.146. The van der Waals surface area contributed by atoms with E-state index in [1.54, 1.807) is 30.5 Å². The van der Waals surface area contributed by atoms with Crippen LogP contribution in [0.25, 0.3) is 0 Å². The molecule has 2 heterocycles. The SMILES string of the molecule is CC(=O)Nc1cccc(NC(=O)CN2CCNCC2c2nccn2C)c1.Cl. The van der Waals surface area contributed by atoms with Crippen molar-refractivity contribution < 1.29 is 9.59 Å². The summed E-state index contributed by atoms with van der Waals surface area (Å²) in [5, 5.41) is 8.98. The van der Waals surface area contributed by atoms with Crippen LogP contribution in [-0.2, 0) is 16.6 Å². The maximum Gasteiger partial charge on any atom is 0.238 e. The molecule has 0 spiro atoms. The van der Waals surface area contributed by atoms with Crippen molar-refractivity contribution in [1.82, 2.24) is 19.8 Å². The fourth-order valence-electron chi connectivity index (χ4n) is 3.15. The Kier molecular flexibility index (Phi) is 7.35. The molecular formula is C18H25ClN6O2. The van der Waals surface area contributed by atoms with Gasteiger partial charge in [0, 0.05) is 57.4 Å². The predicted molar refractivity (Wildman–Crippen MR) is 107 cm³/mol. The fourth-order valence-corrected chi connectivity index (χ4v) is 3.15. The van der Waals surface area contributed by atoms with Gasteiger partial charge in [-0.25, -0.2) is 4.98 Å². The summed E-state index contributed by atoms with van der Waals surface area (Å²) in [5.41, 5.74) is 1.31. The summed E-state index contributed by atoms with van der Waals surface area (Å²) in [6, 6.07) is 7.18. The molecule has 8 nitrogen and oxygen atoms in total. The van der Waals surface area contributed by atoms with Crippen LogP contribution < -0.4 is 16.0 Å². The minimum absolute atomic E-state index is 0. The molecule has 0 aliphatic carbocycles. The number of halogens is 1. The number of rotatable bonds is 5. The Hall–Kier alpha value is -2.42. The van der Waals surface area contributed by atoms with Crippen LogP contribution in [0.1, 0.15) is 18.8 Å². The van der Waals surface area contributed by atoms with Crippen molar-refractivity contribution in [2.75, 3.05) is 36.8 Å². The van der Waals surface area contributed by atoms with E-state index in [4.69, 9.17) is 0 Å². The van der Waals surface area contributed by atoms with Crippen LogP contribution in [0.4, 0.5) is 11.4 Å². The third kappa shape index (κ3) is 5.53. The zero-order chi connectivity index (χ0) is 18.5. The molecule has 27 heavy (non-hydrogen) atoms. The number of aromatic nitrogens is 2. The molecule has 1 atom stereocenters. The molecule has 3 N–H and O–H groups in total. The maximum atomic E-state index is 12.5. The second-order valence-electron chi connectivity index (χ2n) is 6.40. The molecule has 1 aliphatic heterocycles. The third-order valence-corrected chi connectivity index (χ3v) is 4.32. The maximum absolute atomic E-state index is 12.5. The van der Waals surface area contributed by atoms with Crippen LogP contribution in [0.15, 0.2) is 36.7 Å². The second kappa shape index (κ2) is 9.50. The highest BCUT2D eigenvalue weighted by Crippen LogP contribution is 2.20. The summed E-state index contributed by atoms with van der Waals surface area (Å²) in [6.07, 6.45) is 3.69. The topological polar surface area (TPSA) is 91.3 Å². The van der Waals surface area contributed by atoms with Gasteiger partial charge < -0.3 is 20.5 Å². The number of benzene rings is 1. The molecule has 0 saturated carbocycles. The van der Waals surface area contributed by atoms with Crippen molar-refractivity contribution in [3.8, 4) is 0 Å². The number of hydrogen-bond donors (Lipinski definition) is 3. The average Bonchev–Trinajstić information content (AvgIpc) is 3.01. The van der Waals surface area contributed by atoms with Crippen LogP contribution in [0, 0.1) is 0 Å². The van der Waals surface area contributed by atoms with E-state index in [0.717, 1.165) is 25.5 Å². The Bertz CT molecular complexity index is 794. The second-order valence-corrected chi connectivity index (χ2v) is 6.40. The Labute approximate surface area is 164 Å². The number of nitrogens with one attached hydrogen (secondary N) is 3. The summed E-state index contributed by atoms with van der Waals surface area (Å²) in [5.74, 6) is 0.705. The van der Waals surface area contributed by atoms with Crippen LogP contribution in [0.3, 0.4) is 0 Å². The van der Waals surface area contributed by atoms with Crippen molar-refractivity contribution in [2.24, 2.45) is 7.05 Å². The Morgan fingerprint density at radius 1 is 1.30 bits per heavy atom. The summed E-state index contributed by atoms with van der Waals surface area (Å²) < 4.78 is 1.99. The fraction of sp³-hybridized carbons (Fsp3) is 0.389. The van der Waals surface area contributed by atoms with Crippen molar-refractivity contribution >= 4 is 35.6 Å². The Morgan fingerprint density at radius 2 is 2.04 bits per heavy atom. The number of carbonyl (C=O) groups is 2. The Morgan fingerprint density at radius 3 is 2.70 bits per heavy atom. The van der Waals surface area contributed by atoms with E-state index in [0.29, 0.717) is 11.4 Å². The molecule has 0 bridgehead atoms. The van der Waals surface area contributed by atoms with Crippen molar-refractivity contribution in [1.29, 1.82) is 0 Å². The van der Waals surface area contributed by atoms with E-state index >= 15 is 0 Å². The molecule has 1 saturated heterocycles. The number of piperazine rings is 1. The van der Waals surface area contributed by atoms with Gasteiger partial charge in [0.05, 0.1) is 12.6 Å². The molecule has 1 fully saturated rings. The zero-order valence-corrected chi connectivity index (χ0v) is 16.3. The highest BCUT2D eigenvalue weighted by atomic mass is 35.5. The average molecular weight is 393 g/mol. The monoisotopic (exact) mass is 392 g/mol. The highest BCUT2D eigenvalue weighted by Gasteiger charge is 2.28. The lowest BCUT2D eigenvalue weighted by atomic mass is 10.1. The first kappa shape index (κ1) is 20.9. The van der Waals surface area contributed by atoms with Gasteiger partial charge in [-0.05, 0) is 18.2 Å². The van der Waals surface area contributed by atoms with Gasteiger partial charge in [-0.15, -0.1) is 12.4 Å². The largest absolute Gasteiger partial charge is 0.337 e. The normalized spacial score (nSPS) is 17.0. The van der Waals surface area contributed by atoms with Gasteiger partial charge in [0.1, 0.15) is 5.82 Å².